The van der Waals surface area contributed by atoms with Gasteiger partial charge in [-0.1, -0.05) is 29.5 Å². The molecule has 0 aliphatic rings. The highest BCUT2D eigenvalue weighted by molar-refractivity contribution is 7.99. The minimum atomic E-state index is -3.62. The number of carbonyl (C=O) groups is 1. The lowest BCUT2D eigenvalue weighted by molar-refractivity contribution is 0.102. The van der Waals surface area contributed by atoms with Gasteiger partial charge in [-0.05, 0) is 55.5 Å². The van der Waals surface area contributed by atoms with E-state index in [9.17, 15) is 13.2 Å². The molecule has 176 valence electrons. The number of aromatic nitrogens is 4. The van der Waals surface area contributed by atoms with Crippen molar-refractivity contribution in [2.75, 3.05) is 19.4 Å². The monoisotopic (exact) mass is 497 g/mol. The van der Waals surface area contributed by atoms with Crippen LogP contribution in [0.15, 0.2) is 70.6 Å². The molecule has 0 amide bonds. The predicted molar refractivity (Wildman–Crippen MR) is 129 cm³/mol. The third-order valence-corrected chi connectivity index (χ3v) is 7.43. The van der Waals surface area contributed by atoms with Crippen molar-refractivity contribution in [3.05, 3.63) is 77.6 Å². The van der Waals surface area contributed by atoms with E-state index in [1.807, 2.05) is 6.92 Å². The Morgan fingerprint density at radius 2 is 1.76 bits per heavy atom. The molecule has 2 aromatic carbocycles. The molecule has 0 fully saturated rings. The van der Waals surface area contributed by atoms with E-state index in [4.69, 9.17) is 4.74 Å². The molecule has 9 nitrogen and oxygen atoms in total. The summed E-state index contributed by atoms with van der Waals surface area (Å²) in [6.45, 7) is 2.04. The molecular weight excluding hydrogens is 474 g/mol. The number of thioether (sulfide) groups is 1. The van der Waals surface area contributed by atoms with E-state index in [2.05, 4.69) is 20.0 Å². The van der Waals surface area contributed by atoms with Crippen LogP contribution in [-0.4, -0.2) is 53.4 Å². The minimum Gasteiger partial charge on any atom is -0.497 e. The van der Waals surface area contributed by atoms with Gasteiger partial charge in [0.05, 0.1) is 17.8 Å². The number of methoxy groups -OCH3 is 1. The van der Waals surface area contributed by atoms with Crippen LogP contribution in [0.1, 0.15) is 21.7 Å². The van der Waals surface area contributed by atoms with Gasteiger partial charge in [0, 0.05) is 18.5 Å². The molecule has 0 radical (unpaired) electrons. The first-order valence-corrected chi connectivity index (χ1v) is 12.9. The van der Waals surface area contributed by atoms with Gasteiger partial charge in [-0.25, -0.2) is 13.1 Å². The lowest BCUT2D eigenvalue weighted by atomic mass is 10.1. The van der Waals surface area contributed by atoms with E-state index in [1.54, 1.807) is 72.3 Å². The number of fused-ring (bicyclic) bond motifs is 1. The zero-order valence-corrected chi connectivity index (χ0v) is 20.3. The van der Waals surface area contributed by atoms with Gasteiger partial charge in [0.1, 0.15) is 10.8 Å². The summed E-state index contributed by atoms with van der Waals surface area (Å²) in [5.41, 5.74) is 2.13. The summed E-state index contributed by atoms with van der Waals surface area (Å²) in [4.78, 5) is 12.7. The number of sulfonamides is 1. The highest BCUT2D eigenvalue weighted by Gasteiger charge is 2.15. The summed E-state index contributed by atoms with van der Waals surface area (Å²) in [6.07, 6.45) is 0.304. The van der Waals surface area contributed by atoms with Crippen LogP contribution in [0, 0.1) is 6.92 Å². The maximum Gasteiger partial charge on any atom is 0.240 e. The van der Waals surface area contributed by atoms with Crippen molar-refractivity contribution >= 4 is 33.2 Å². The van der Waals surface area contributed by atoms with Gasteiger partial charge in [-0.3, -0.25) is 4.79 Å². The van der Waals surface area contributed by atoms with E-state index in [-0.39, 0.29) is 23.0 Å². The maximum absolute atomic E-state index is 12.5. The van der Waals surface area contributed by atoms with Crippen LogP contribution in [0.4, 0.5) is 0 Å². The Balaban J connectivity index is 1.38. The Labute approximate surface area is 201 Å². The third kappa shape index (κ3) is 5.61. The van der Waals surface area contributed by atoms with Gasteiger partial charge < -0.3 is 4.74 Å². The van der Waals surface area contributed by atoms with Crippen LogP contribution >= 0.6 is 11.8 Å². The molecule has 4 aromatic rings. The molecule has 0 bridgehead atoms. The lowest BCUT2D eigenvalue weighted by Gasteiger charge is -2.07. The van der Waals surface area contributed by atoms with Gasteiger partial charge in [0.15, 0.2) is 17.3 Å². The van der Waals surface area contributed by atoms with Gasteiger partial charge in [0.25, 0.3) is 0 Å². The topological polar surface area (TPSA) is 116 Å². The minimum absolute atomic E-state index is 0.0240. The zero-order chi connectivity index (χ0) is 24.1. The molecule has 1 N–H and O–H groups in total. The summed E-state index contributed by atoms with van der Waals surface area (Å²) in [5, 5.41) is 13.4. The number of ketones is 1. The summed E-state index contributed by atoms with van der Waals surface area (Å²) in [7, 11) is -2.04. The Morgan fingerprint density at radius 3 is 2.47 bits per heavy atom. The van der Waals surface area contributed by atoms with Crippen molar-refractivity contribution < 1.29 is 17.9 Å². The Morgan fingerprint density at radius 1 is 1.03 bits per heavy atom. The number of nitrogens with zero attached hydrogens (tertiary/aromatic N) is 4. The Kier molecular flexibility index (Phi) is 7.25. The van der Waals surface area contributed by atoms with Gasteiger partial charge in [-0.2, -0.15) is 9.61 Å². The molecule has 11 heteroatoms. The quantitative estimate of drug-likeness (QED) is 0.263. The second-order valence-corrected chi connectivity index (χ2v) is 10.2. The van der Waals surface area contributed by atoms with E-state index >= 15 is 0 Å². The molecule has 0 saturated carbocycles. The molecule has 0 aliphatic carbocycles. The fourth-order valence-corrected chi connectivity index (χ4v) is 4.93. The first-order valence-electron chi connectivity index (χ1n) is 10.4. The predicted octanol–water partition coefficient (Wildman–Crippen LogP) is 2.94. The van der Waals surface area contributed by atoms with Crippen molar-refractivity contribution in [3.63, 3.8) is 0 Å². The van der Waals surface area contributed by atoms with E-state index in [0.29, 0.717) is 34.2 Å². The molecule has 0 aliphatic heterocycles. The second kappa shape index (κ2) is 10.3. The SMILES string of the molecule is COc1ccc(C(=O)CSc2ccc3nnc(CCNS(=O)(=O)c4ccc(C)cc4)n3n2)cc1. The molecule has 2 aromatic heterocycles. The standard InChI is InChI=1S/C23H23N5O4S2/c1-16-3-9-19(10-4-16)34(30,31)24-14-13-22-26-25-21-11-12-23(27-28(21)22)33-15-20(29)17-5-7-18(32-2)8-6-17/h3-12,24H,13-15H2,1-2H3. The molecule has 34 heavy (non-hydrogen) atoms. The molecule has 0 atom stereocenters. The molecule has 2 heterocycles. The largest absolute Gasteiger partial charge is 0.497 e. The highest BCUT2D eigenvalue weighted by Crippen LogP contribution is 2.19. The normalized spacial score (nSPS) is 11.6. The van der Waals surface area contributed by atoms with Crippen LogP contribution in [-0.2, 0) is 16.4 Å². The number of hydrogen-bond acceptors (Lipinski definition) is 8. The Hall–Kier alpha value is -3.28. The first kappa shape index (κ1) is 23.9. The number of aryl methyl sites for hydroxylation is 1. The number of rotatable bonds is 10. The summed E-state index contributed by atoms with van der Waals surface area (Å²) in [5.74, 6) is 1.41. The lowest BCUT2D eigenvalue weighted by Crippen LogP contribution is -2.26. The van der Waals surface area contributed by atoms with Crippen molar-refractivity contribution in [1.82, 2.24) is 24.5 Å². The number of Topliss-reactive ketones (excluding diaryl/α,β-unsaturated/α-hetero) is 1. The van der Waals surface area contributed by atoms with E-state index in [0.717, 1.165) is 5.56 Å². The maximum atomic E-state index is 12.5. The highest BCUT2D eigenvalue weighted by atomic mass is 32.2. The number of carbonyl (C=O) groups excluding carboxylic acids is 1. The average molecular weight is 498 g/mol. The van der Waals surface area contributed by atoms with Gasteiger partial charge in [-0.15, -0.1) is 10.2 Å². The molecule has 4 rings (SSSR count). The summed E-state index contributed by atoms with van der Waals surface area (Å²) >= 11 is 1.31. The first-order chi connectivity index (χ1) is 16.4. The fourth-order valence-electron chi connectivity index (χ4n) is 3.15. The van der Waals surface area contributed by atoms with Gasteiger partial charge in [0.2, 0.25) is 10.0 Å². The number of ether oxygens (including phenoxy) is 1. The average Bonchev–Trinajstić information content (AvgIpc) is 3.25. The smallest absolute Gasteiger partial charge is 0.240 e. The second-order valence-electron chi connectivity index (χ2n) is 7.46. The van der Waals surface area contributed by atoms with Gasteiger partial charge >= 0.3 is 0 Å². The van der Waals surface area contributed by atoms with Crippen LogP contribution in [0.3, 0.4) is 0 Å². The number of benzene rings is 2. The van der Waals surface area contributed by atoms with E-state index in [1.165, 1.54) is 11.8 Å². The van der Waals surface area contributed by atoms with Crippen molar-refractivity contribution in [1.29, 1.82) is 0 Å². The number of nitrogens with one attached hydrogen (secondary N) is 1. The molecule has 0 spiro atoms. The molecule has 0 saturated heterocycles. The third-order valence-electron chi connectivity index (χ3n) is 5.04. The van der Waals surface area contributed by atoms with Crippen LogP contribution in [0.25, 0.3) is 5.65 Å². The summed E-state index contributed by atoms with van der Waals surface area (Å²) < 4.78 is 34.2. The van der Waals surface area contributed by atoms with E-state index < -0.39 is 10.0 Å². The molecule has 0 unspecified atom stereocenters. The molecular formula is C23H23N5O4S2. The summed E-state index contributed by atoms with van der Waals surface area (Å²) in [6, 6.07) is 17.1. The van der Waals surface area contributed by atoms with Crippen molar-refractivity contribution in [2.24, 2.45) is 0 Å². The van der Waals surface area contributed by atoms with Crippen LogP contribution in [0.2, 0.25) is 0 Å². The number of hydrogen-bond donors (Lipinski definition) is 1. The Bertz CT molecular complexity index is 1400. The van der Waals surface area contributed by atoms with Crippen molar-refractivity contribution in [3.8, 4) is 5.75 Å². The fraction of sp³-hybridized carbons (Fsp3) is 0.217. The van der Waals surface area contributed by atoms with Crippen molar-refractivity contribution in [2.45, 2.75) is 23.3 Å². The van der Waals surface area contributed by atoms with Crippen LogP contribution in [0.5, 0.6) is 5.75 Å². The zero-order valence-electron chi connectivity index (χ0n) is 18.6. The van der Waals surface area contributed by atoms with Crippen LogP contribution < -0.4 is 9.46 Å².